The van der Waals surface area contributed by atoms with Crippen molar-refractivity contribution in [3.63, 3.8) is 0 Å². The topological polar surface area (TPSA) is 61.8 Å². The number of halogens is 5. The van der Waals surface area contributed by atoms with Crippen molar-refractivity contribution in [2.45, 2.75) is 49.9 Å². The lowest BCUT2D eigenvalue weighted by Crippen LogP contribution is -2.67. The molecule has 0 amide bonds. The molecule has 0 radical (unpaired) electrons. The van der Waals surface area contributed by atoms with Crippen LogP contribution in [0, 0.1) is 11.8 Å². The molecular formula is C14H13F5O5. The van der Waals surface area contributed by atoms with Gasteiger partial charge in [0.15, 0.2) is 0 Å². The Morgan fingerprint density at radius 3 is 2.21 bits per heavy atom. The molecule has 3 rings (SSSR count). The maximum absolute atomic E-state index is 15.1. The lowest BCUT2D eigenvalue weighted by Gasteiger charge is -2.41. The molecule has 134 valence electrons. The SMILES string of the molecule is CC(=O)OC12C3C=CC(C3)C1OC(OC(C)=O)(C(F)(F)F)C2(F)F. The minimum Gasteiger partial charge on any atom is -0.449 e. The highest BCUT2D eigenvalue weighted by Gasteiger charge is 2.92. The van der Waals surface area contributed by atoms with Crippen LogP contribution in [0.3, 0.4) is 0 Å². The lowest BCUT2D eigenvalue weighted by molar-refractivity contribution is -0.414. The maximum atomic E-state index is 15.1. The Kier molecular flexibility index (Phi) is 3.34. The summed E-state index contributed by atoms with van der Waals surface area (Å²) in [6, 6.07) is 0. The molecule has 0 aromatic carbocycles. The van der Waals surface area contributed by atoms with E-state index in [-0.39, 0.29) is 6.42 Å². The van der Waals surface area contributed by atoms with Crippen molar-refractivity contribution in [3.8, 4) is 0 Å². The number of carbonyl (C=O) groups is 2. The highest BCUT2D eigenvalue weighted by molar-refractivity contribution is 5.68. The van der Waals surface area contributed by atoms with Crippen LogP contribution < -0.4 is 0 Å². The van der Waals surface area contributed by atoms with E-state index in [0.717, 1.165) is 6.92 Å². The minimum atomic E-state index is -5.74. The van der Waals surface area contributed by atoms with Crippen molar-refractivity contribution < 1.29 is 45.8 Å². The van der Waals surface area contributed by atoms with E-state index in [1.54, 1.807) is 0 Å². The van der Waals surface area contributed by atoms with E-state index in [1.165, 1.54) is 12.2 Å². The fourth-order valence-electron chi connectivity index (χ4n) is 3.92. The molecule has 1 heterocycles. The van der Waals surface area contributed by atoms with Crippen LogP contribution >= 0.6 is 0 Å². The molecule has 10 heteroatoms. The van der Waals surface area contributed by atoms with Crippen LogP contribution in [-0.2, 0) is 23.8 Å². The van der Waals surface area contributed by atoms with Crippen molar-refractivity contribution in [3.05, 3.63) is 12.2 Å². The van der Waals surface area contributed by atoms with Gasteiger partial charge < -0.3 is 14.2 Å². The first-order valence-electron chi connectivity index (χ1n) is 7.09. The van der Waals surface area contributed by atoms with Crippen LogP contribution in [-0.4, -0.2) is 41.5 Å². The van der Waals surface area contributed by atoms with Gasteiger partial charge in [0.2, 0.25) is 5.60 Å². The summed E-state index contributed by atoms with van der Waals surface area (Å²) in [6.45, 7) is 1.38. The maximum Gasteiger partial charge on any atom is 0.462 e. The van der Waals surface area contributed by atoms with E-state index in [4.69, 9.17) is 4.74 Å². The summed E-state index contributed by atoms with van der Waals surface area (Å²) in [7, 11) is 0. The number of rotatable bonds is 2. The van der Waals surface area contributed by atoms with Gasteiger partial charge in [-0.15, -0.1) is 0 Å². The largest absolute Gasteiger partial charge is 0.462 e. The van der Waals surface area contributed by atoms with E-state index in [9.17, 15) is 22.8 Å². The van der Waals surface area contributed by atoms with Gasteiger partial charge in [-0.3, -0.25) is 9.59 Å². The van der Waals surface area contributed by atoms with Gasteiger partial charge in [0.1, 0.15) is 6.10 Å². The second-order valence-corrected chi connectivity index (χ2v) is 6.10. The zero-order valence-corrected chi connectivity index (χ0v) is 12.5. The fourth-order valence-corrected chi connectivity index (χ4v) is 3.92. The summed E-state index contributed by atoms with van der Waals surface area (Å²) < 4.78 is 84.2. The molecule has 1 aliphatic heterocycles. The quantitative estimate of drug-likeness (QED) is 0.432. The molecule has 5 nitrogen and oxygen atoms in total. The molecule has 3 aliphatic rings. The summed E-state index contributed by atoms with van der Waals surface area (Å²) in [6.07, 6.45) is -4.73. The number of ether oxygens (including phenoxy) is 3. The van der Waals surface area contributed by atoms with Gasteiger partial charge in [-0.05, 0) is 6.42 Å². The first-order chi connectivity index (χ1) is 10.9. The first kappa shape index (κ1) is 17.1. The third-order valence-corrected chi connectivity index (χ3v) is 4.65. The number of esters is 2. The highest BCUT2D eigenvalue weighted by Crippen LogP contribution is 2.68. The standard InChI is InChI=1S/C14H13F5O5/c1-6(20)22-11-9-4-3-8(5-9)10(11)24-13(12(11,15)16,14(17,18)19)23-7(2)21/h3-4,8-10H,5H2,1-2H3. The van der Waals surface area contributed by atoms with Crippen LogP contribution in [0.4, 0.5) is 22.0 Å². The molecule has 2 aliphatic carbocycles. The lowest BCUT2D eigenvalue weighted by atomic mass is 9.79. The average molecular weight is 356 g/mol. The summed E-state index contributed by atoms with van der Waals surface area (Å²) in [5.41, 5.74) is -2.87. The molecule has 5 atom stereocenters. The second kappa shape index (κ2) is 4.68. The van der Waals surface area contributed by atoms with E-state index in [0.29, 0.717) is 6.92 Å². The van der Waals surface area contributed by atoms with Gasteiger partial charge in [-0.25, -0.2) is 0 Å². The Morgan fingerprint density at radius 2 is 1.71 bits per heavy atom. The van der Waals surface area contributed by atoms with Crippen LogP contribution in [0.25, 0.3) is 0 Å². The summed E-state index contributed by atoms with van der Waals surface area (Å²) in [5, 5.41) is 0. The minimum absolute atomic E-state index is 0.0571. The van der Waals surface area contributed by atoms with Gasteiger partial charge in [0.25, 0.3) is 0 Å². The summed E-state index contributed by atoms with van der Waals surface area (Å²) in [5.74, 6) is -14.1. The monoisotopic (exact) mass is 356 g/mol. The summed E-state index contributed by atoms with van der Waals surface area (Å²) >= 11 is 0. The molecule has 2 bridgehead atoms. The van der Waals surface area contributed by atoms with Gasteiger partial charge in [0, 0.05) is 25.7 Å². The Morgan fingerprint density at radius 1 is 1.12 bits per heavy atom. The van der Waals surface area contributed by atoms with Gasteiger partial charge in [-0.1, -0.05) is 12.2 Å². The van der Waals surface area contributed by atoms with E-state index in [2.05, 4.69) is 9.47 Å². The molecule has 0 spiro atoms. The molecule has 1 saturated carbocycles. The molecule has 2 fully saturated rings. The number of hydrogen-bond acceptors (Lipinski definition) is 5. The van der Waals surface area contributed by atoms with Crippen molar-refractivity contribution in [2.24, 2.45) is 11.8 Å². The van der Waals surface area contributed by atoms with Crippen LogP contribution in [0.1, 0.15) is 20.3 Å². The Balaban J connectivity index is 2.20. The van der Waals surface area contributed by atoms with Gasteiger partial charge >= 0.3 is 29.8 Å². The highest BCUT2D eigenvalue weighted by atomic mass is 19.4. The third kappa shape index (κ3) is 1.77. The summed E-state index contributed by atoms with van der Waals surface area (Å²) in [4.78, 5) is 22.5. The Labute approximate surface area is 132 Å². The molecule has 0 aromatic rings. The van der Waals surface area contributed by atoms with E-state index in [1.807, 2.05) is 0 Å². The van der Waals surface area contributed by atoms with Crippen molar-refractivity contribution >= 4 is 11.9 Å². The fraction of sp³-hybridized carbons (Fsp3) is 0.714. The number of hydrogen-bond donors (Lipinski definition) is 0. The predicted octanol–water partition coefficient (Wildman–Crippen LogP) is 2.35. The zero-order chi connectivity index (χ0) is 18.1. The molecule has 5 unspecified atom stereocenters. The zero-order valence-electron chi connectivity index (χ0n) is 12.5. The van der Waals surface area contributed by atoms with E-state index >= 15 is 8.78 Å². The predicted molar refractivity (Wildman–Crippen MR) is 65.6 cm³/mol. The molecular weight excluding hydrogens is 343 g/mol. The molecule has 0 N–H and O–H groups in total. The van der Waals surface area contributed by atoms with Crippen LogP contribution in [0.2, 0.25) is 0 Å². The van der Waals surface area contributed by atoms with Crippen molar-refractivity contribution in [1.82, 2.24) is 0 Å². The van der Waals surface area contributed by atoms with Crippen LogP contribution in [0.15, 0.2) is 12.2 Å². The second-order valence-electron chi connectivity index (χ2n) is 6.10. The first-order valence-corrected chi connectivity index (χ1v) is 7.09. The average Bonchev–Trinajstić information content (AvgIpc) is 3.01. The van der Waals surface area contributed by atoms with Gasteiger partial charge in [-0.2, -0.15) is 22.0 Å². The molecule has 24 heavy (non-hydrogen) atoms. The normalized spacial score (nSPS) is 42.0. The van der Waals surface area contributed by atoms with Crippen LogP contribution in [0.5, 0.6) is 0 Å². The number of fused-ring (bicyclic) bond motifs is 5. The number of alkyl halides is 5. The number of carbonyl (C=O) groups excluding carboxylic acids is 2. The van der Waals surface area contributed by atoms with E-state index < -0.39 is 53.4 Å². The Hall–Kier alpha value is -1.71. The van der Waals surface area contributed by atoms with Gasteiger partial charge in [0.05, 0.1) is 0 Å². The molecule has 1 saturated heterocycles. The van der Waals surface area contributed by atoms with Crippen molar-refractivity contribution in [1.29, 1.82) is 0 Å². The molecule has 0 aromatic heterocycles. The third-order valence-electron chi connectivity index (χ3n) is 4.65. The van der Waals surface area contributed by atoms with Crippen molar-refractivity contribution in [2.75, 3.05) is 0 Å². The smallest absolute Gasteiger partial charge is 0.449 e. The Bertz CT molecular complexity index is 630.